The Hall–Kier alpha value is -3.68. The van der Waals surface area contributed by atoms with Crippen LogP contribution in [0.4, 0.5) is 5.69 Å². The number of hydrogen-bond donors (Lipinski definition) is 1. The van der Waals surface area contributed by atoms with E-state index in [0.29, 0.717) is 37.1 Å². The first-order chi connectivity index (χ1) is 16.4. The van der Waals surface area contributed by atoms with Gasteiger partial charge < -0.3 is 9.73 Å². The number of aromatic nitrogens is 1. The summed E-state index contributed by atoms with van der Waals surface area (Å²) in [6.45, 7) is 3.64. The molecular formula is C26H20ClN3O3S. The first kappa shape index (κ1) is 22.1. The molecule has 0 saturated heterocycles. The van der Waals surface area contributed by atoms with Crippen LogP contribution in [-0.4, -0.2) is 10.5 Å². The first-order valence-electron chi connectivity index (χ1n) is 10.6. The van der Waals surface area contributed by atoms with Crippen LogP contribution < -0.4 is 20.2 Å². The Balaban J connectivity index is 1.68. The predicted octanol–water partition coefficient (Wildman–Crippen LogP) is 4.43. The van der Waals surface area contributed by atoms with E-state index in [1.54, 1.807) is 29.7 Å². The molecule has 3 heterocycles. The van der Waals surface area contributed by atoms with Crippen LogP contribution in [0.1, 0.15) is 30.0 Å². The maximum atomic E-state index is 13.6. The molecule has 1 N–H and O–H groups in total. The number of rotatable bonds is 4. The van der Waals surface area contributed by atoms with E-state index in [1.807, 2.05) is 61.5 Å². The highest BCUT2D eigenvalue weighted by molar-refractivity contribution is 7.07. The Bertz CT molecular complexity index is 1600. The summed E-state index contributed by atoms with van der Waals surface area (Å²) >= 11 is 7.39. The number of amides is 1. The van der Waals surface area contributed by atoms with Gasteiger partial charge in [-0.15, -0.1) is 0 Å². The van der Waals surface area contributed by atoms with E-state index >= 15 is 0 Å². The van der Waals surface area contributed by atoms with Gasteiger partial charge in [-0.2, -0.15) is 0 Å². The number of halogens is 1. The SMILES string of the molecule is CC1=C(C(=O)Nc2ccccc2)C(c2ccc(Cl)cc2)n2c(sc(=Cc3ccc(C)o3)c2=O)=N1. The monoisotopic (exact) mass is 489 g/mol. The molecule has 1 atom stereocenters. The van der Waals surface area contributed by atoms with Gasteiger partial charge in [-0.1, -0.05) is 53.3 Å². The van der Waals surface area contributed by atoms with Gasteiger partial charge in [0.25, 0.3) is 11.5 Å². The minimum Gasteiger partial charge on any atom is -0.462 e. The van der Waals surface area contributed by atoms with Crippen LogP contribution in [-0.2, 0) is 4.79 Å². The molecule has 6 nitrogen and oxygen atoms in total. The molecular weight excluding hydrogens is 470 g/mol. The lowest BCUT2D eigenvalue weighted by atomic mass is 9.95. The number of furan rings is 1. The molecule has 34 heavy (non-hydrogen) atoms. The summed E-state index contributed by atoms with van der Waals surface area (Å²) in [7, 11) is 0. The number of anilines is 1. The molecule has 5 rings (SSSR count). The fourth-order valence-electron chi connectivity index (χ4n) is 3.95. The molecule has 170 valence electrons. The van der Waals surface area contributed by atoms with Crippen molar-refractivity contribution in [3.8, 4) is 0 Å². The normalized spacial score (nSPS) is 15.7. The summed E-state index contributed by atoms with van der Waals surface area (Å²) in [5.41, 5.74) is 2.14. The molecule has 0 bridgehead atoms. The van der Waals surface area contributed by atoms with Gasteiger partial charge in [0.1, 0.15) is 11.5 Å². The van der Waals surface area contributed by atoms with Crippen molar-refractivity contribution in [3.63, 3.8) is 0 Å². The van der Waals surface area contributed by atoms with E-state index in [-0.39, 0.29) is 11.5 Å². The molecule has 1 aliphatic heterocycles. The van der Waals surface area contributed by atoms with Crippen LogP contribution in [0.15, 0.2) is 92.2 Å². The molecule has 0 saturated carbocycles. The second kappa shape index (κ2) is 8.93. The highest BCUT2D eigenvalue weighted by Gasteiger charge is 2.32. The first-order valence-corrected chi connectivity index (χ1v) is 11.8. The number of carbonyl (C=O) groups is 1. The lowest BCUT2D eigenvalue weighted by Crippen LogP contribution is -2.40. The number of thiazole rings is 1. The van der Waals surface area contributed by atoms with Gasteiger partial charge in [0.15, 0.2) is 4.80 Å². The van der Waals surface area contributed by atoms with Gasteiger partial charge in [0.05, 0.1) is 21.8 Å². The number of para-hydroxylation sites is 1. The zero-order valence-electron chi connectivity index (χ0n) is 18.4. The molecule has 8 heteroatoms. The zero-order chi connectivity index (χ0) is 23.8. The van der Waals surface area contributed by atoms with Crippen molar-refractivity contribution in [3.05, 3.63) is 120 Å². The molecule has 2 aromatic heterocycles. The van der Waals surface area contributed by atoms with Gasteiger partial charge in [0.2, 0.25) is 0 Å². The minimum absolute atomic E-state index is 0.240. The summed E-state index contributed by atoms with van der Waals surface area (Å²) in [4.78, 5) is 32.2. The lowest BCUT2D eigenvalue weighted by Gasteiger charge is -2.25. The van der Waals surface area contributed by atoms with Gasteiger partial charge in [-0.3, -0.25) is 14.2 Å². The van der Waals surface area contributed by atoms with Crippen LogP contribution >= 0.6 is 22.9 Å². The Kier molecular flexibility index (Phi) is 5.81. The van der Waals surface area contributed by atoms with Crippen molar-refractivity contribution < 1.29 is 9.21 Å². The van der Waals surface area contributed by atoms with Crippen molar-refractivity contribution in [2.24, 2.45) is 4.99 Å². The second-order valence-corrected chi connectivity index (χ2v) is 9.35. The largest absolute Gasteiger partial charge is 0.462 e. The van der Waals surface area contributed by atoms with Gasteiger partial charge in [-0.05, 0) is 55.8 Å². The van der Waals surface area contributed by atoms with Crippen LogP contribution in [0.3, 0.4) is 0 Å². The van der Waals surface area contributed by atoms with Gasteiger partial charge in [0, 0.05) is 16.8 Å². The quantitative estimate of drug-likeness (QED) is 0.460. The number of hydrogen-bond acceptors (Lipinski definition) is 5. The molecule has 1 amide bonds. The molecule has 1 aliphatic rings. The number of nitrogens with one attached hydrogen (secondary N) is 1. The molecule has 4 aromatic rings. The number of fused-ring (bicyclic) bond motifs is 1. The maximum Gasteiger partial charge on any atom is 0.271 e. The highest BCUT2D eigenvalue weighted by Crippen LogP contribution is 2.31. The van der Waals surface area contributed by atoms with Crippen LogP contribution in [0, 0.1) is 6.92 Å². The lowest BCUT2D eigenvalue weighted by molar-refractivity contribution is -0.113. The van der Waals surface area contributed by atoms with Crippen LogP contribution in [0.5, 0.6) is 0 Å². The Morgan fingerprint density at radius 3 is 2.50 bits per heavy atom. The summed E-state index contributed by atoms with van der Waals surface area (Å²) in [6, 6.07) is 19.3. The van der Waals surface area contributed by atoms with Gasteiger partial charge in [-0.25, -0.2) is 4.99 Å². The van der Waals surface area contributed by atoms with Crippen molar-refractivity contribution in [2.75, 3.05) is 5.32 Å². The Morgan fingerprint density at radius 2 is 1.82 bits per heavy atom. The summed E-state index contributed by atoms with van der Waals surface area (Å²) in [5.74, 6) is 1.03. The molecule has 2 aromatic carbocycles. The standard InChI is InChI=1S/C26H20ClN3O3S/c1-15-8-13-20(33-15)14-21-25(32)30-23(17-9-11-18(27)12-10-17)22(16(2)28-26(30)34-21)24(31)29-19-6-4-3-5-7-19/h3-14,23H,1-2H3,(H,29,31). The zero-order valence-corrected chi connectivity index (χ0v) is 20.0. The third-order valence-corrected chi connectivity index (χ3v) is 6.75. The van der Waals surface area contributed by atoms with E-state index < -0.39 is 6.04 Å². The predicted molar refractivity (Wildman–Crippen MR) is 134 cm³/mol. The highest BCUT2D eigenvalue weighted by atomic mass is 35.5. The third-order valence-electron chi connectivity index (χ3n) is 5.52. The van der Waals surface area contributed by atoms with E-state index in [2.05, 4.69) is 10.3 Å². The van der Waals surface area contributed by atoms with Crippen molar-refractivity contribution in [1.29, 1.82) is 0 Å². The molecule has 0 spiro atoms. The molecule has 0 radical (unpaired) electrons. The van der Waals surface area contributed by atoms with Crippen LogP contribution in [0.25, 0.3) is 6.08 Å². The average molecular weight is 490 g/mol. The van der Waals surface area contributed by atoms with Crippen LogP contribution in [0.2, 0.25) is 5.02 Å². The fourth-order valence-corrected chi connectivity index (χ4v) is 5.11. The van der Waals surface area contributed by atoms with E-state index in [4.69, 9.17) is 16.0 Å². The summed E-state index contributed by atoms with van der Waals surface area (Å²) < 4.78 is 7.68. The van der Waals surface area contributed by atoms with E-state index in [9.17, 15) is 9.59 Å². The van der Waals surface area contributed by atoms with E-state index in [1.165, 1.54) is 11.3 Å². The minimum atomic E-state index is -0.655. The number of aryl methyl sites for hydroxylation is 1. The maximum absolute atomic E-state index is 13.6. The topological polar surface area (TPSA) is 76.6 Å². The Morgan fingerprint density at radius 1 is 1.09 bits per heavy atom. The number of allylic oxidation sites excluding steroid dienone is 1. The smallest absolute Gasteiger partial charge is 0.271 e. The Labute approximate surface area is 204 Å². The second-order valence-electron chi connectivity index (χ2n) is 7.90. The molecule has 0 fully saturated rings. The average Bonchev–Trinajstić information content (AvgIpc) is 3.36. The molecule has 1 unspecified atom stereocenters. The van der Waals surface area contributed by atoms with E-state index in [0.717, 1.165) is 11.3 Å². The van der Waals surface area contributed by atoms with Crippen molar-refractivity contribution in [1.82, 2.24) is 4.57 Å². The summed E-state index contributed by atoms with van der Waals surface area (Å²) in [6.07, 6.45) is 1.71. The fraction of sp³-hybridized carbons (Fsp3) is 0.115. The van der Waals surface area contributed by atoms with Crippen molar-refractivity contribution in [2.45, 2.75) is 19.9 Å². The molecule has 0 aliphatic carbocycles. The number of carbonyl (C=O) groups excluding carboxylic acids is 1. The van der Waals surface area contributed by atoms with Crippen molar-refractivity contribution >= 4 is 40.6 Å². The number of benzene rings is 2. The third kappa shape index (κ3) is 4.16. The summed E-state index contributed by atoms with van der Waals surface area (Å²) in [5, 5.41) is 3.50. The van der Waals surface area contributed by atoms with Gasteiger partial charge >= 0.3 is 0 Å². The number of nitrogens with zero attached hydrogens (tertiary/aromatic N) is 2.